The van der Waals surface area contributed by atoms with Crippen LogP contribution in [0.5, 0.6) is 5.75 Å². The van der Waals surface area contributed by atoms with E-state index in [1.165, 1.54) is 24.2 Å². The maximum absolute atomic E-state index is 12.4. The first-order chi connectivity index (χ1) is 9.19. The number of carbonyl (C=O) groups excluding carboxylic acids is 1. The van der Waals surface area contributed by atoms with E-state index in [-0.39, 0.29) is 11.7 Å². The van der Waals surface area contributed by atoms with Crippen molar-refractivity contribution in [2.45, 2.75) is 32.1 Å². The topological polar surface area (TPSA) is 40.5 Å². The van der Waals surface area contributed by atoms with Gasteiger partial charge in [0, 0.05) is 24.5 Å². The minimum atomic E-state index is 0.0823. The SMILES string of the molecule is O=C(c1cc(O)cs1)N1CCCC2(CC=CCC2)C1. The molecule has 0 saturated carbocycles. The summed E-state index contributed by atoms with van der Waals surface area (Å²) in [6, 6.07) is 1.58. The largest absolute Gasteiger partial charge is 0.507 e. The number of amides is 1. The Bertz CT molecular complexity index is 508. The molecule has 19 heavy (non-hydrogen) atoms. The van der Waals surface area contributed by atoms with Crippen molar-refractivity contribution in [1.29, 1.82) is 0 Å². The number of hydrogen-bond acceptors (Lipinski definition) is 3. The summed E-state index contributed by atoms with van der Waals surface area (Å²) in [7, 11) is 0. The monoisotopic (exact) mass is 277 g/mol. The van der Waals surface area contributed by atoms with Crippen molar-refractivity contribution >= 4 is 17.2 Å². The van der Waals surface area contributed by atoms with Gasteiger partial charge in [-0.1, -0.05) is 12.2 Å². The fourth-order valence-electron chi connectivity index (χ4n) is 3.29. The van der Waals surface area contributed by atoms with E-state index in [1.807, 2.05) is 4.90 Å². The van der Waals surface area contributed by atoms with Gasteiger partial charge in [0.2, 0.25) is 0 Å². The molecule has 1 aliphatic carbocycles. The Morgan fingerprint density at radius 1 is 1.37 bits per heavy atom. The standard InChI is InChI=1S/C15H19NO2S/c17-12-9-13(19-10-12)14(18)16-8-4-7-15(11-16)5-2-1-3-6-15/h1-2,9-10,17H,3-8,11H2. The van der Waals surface area contributed by atoms with Crippen molar-refractivity contribution in [3.63, 3.8) is 0 Å². The van der Waals surface area contributed by atoms with Crippen LogP contribution in [0.3, 0.4) is 0 Å². The first-order valence-corrected chi connectivity index (χ1v) is 7.78. The highest BCUT2D eigenvalue weighted by Gasteiger charge is 2.37. The maximum Gasteiger partial charge on any atom is 0.264 e. The summed E-state index contributed by atoms with van der Waals surface area (Å²) in [5.41, 5.74) is 0.308. The van der Waals surface area contributed by atoms with Gasteiger partial charge in [-0.3, -0.25) is 4.79 Å². The van der Waals surface area contributed by atoms with Crippen LogP contribution in [0.15, 0.2) is 23.6 Å². The molecule has 4 heteroatoms. The predicted molar refractivity (Wildman–Crippen MR) is 76.5 cm³/mol. The molecule has 0 radical (unpaired) electrons. The molecule has 1 aromatic rings. The highest BCUT2D eigenvalue weighted by Crippen LogP contribution is 2.41. The number of allylic oxidation sites excluding steroid dienone is 2. The van der Waals surface area contributed by atoms with Gasteiger partial charge in [0.05, 0.1) is 4.88 Å². The second-order valence-corrected chi connectivity index (χ2v) is 6.62. The first kappa shape index (κ1) is 12.7. The molecule has 102 valence electrons. The molecule has 1 atom stereocenters. The minimum absolute atomic E-state index is 0.0823. The van der Waals surface area contributed by atoms with Crippen LogP contribution in [-0.4, -0.2) is 29.0 Å². The minimum Gasteiger partial charge on any atom is -0.507 e. The average Bonchev–Trinajstić information content (AvgIpc) is 2.85. The van der Waals surface area contributed by atoms with Crippen LogP contribution in [0.2, 0.25) is 0 Å². The molecule has 0 aromatic carbocycles. The highest BCUT2D eigenvalue weighted by molar-refractivity contribution is 7.12. The van der Waals surface area contributed by atoms with E-state index in [9.17, 15) is 9.90 Å². The number of piperidine rings is 1. The number of aromatic hydroxyl groups is 1. The van der Waals surface area contributed by atoms with Crippen LogP contribution >= 0.6 is 11.3 Å². The third-order valence-corrected chi connectivity index (χ3v) is 5.21. The van der Waals surface area contributed by atoms with E-state index in [1.54, 1.807) is 11.4 Å². The van der Waals surface area contributed by atoms with Gasteiger partial charge in [-0.15, -0.1) is 11.3 Å². The molecule has 2 aliphatic rings. The molecule has 2 heterocycles. The molecule has 1 spiro atoms. The van der Waals surface area contributed by atoms with Crippen LogP contribution < -0.4 is 0 Å². The zero-order valence-corrected chi connectivity index (χ0v) is 11.8. The third kappa shape index (κ3) is 2.54. The lowest BCUT2D eigenvalue weighted by molar-refractivity contribution is 0.0488. The van der Waals surface area contributed by atoms with E-state index in [0.29, 0.717) is 10.3 Å². The highest BCUT2D eigenvalue weighted by atomic mass is 32.1. The molecule has 1 aliphatic heterocycles. The van der Waals surface area contributed by atoms with Crippen molar-refractivity contribution in [2.75, 3.05) is 13.1 Å². The van der Waals surface area contributed by atoms with Gasteiger partial charge >= 0.3 is 0 Å². The van der Waals surface area contributed by atoms with Gasteiger partial charge in [0.15, 0.2) is 0 Å². The predicted octanol–water partition coefficient (Wildman–Crippen LogP) is 3.42. The lowest BCUT2D eigenvalue weighted by atomic mass is 9.71. The summed E-state index contributed by atoms with van der Waals surface area (Å²) in [5, 5.41) is 11.0. The van der Waals surface area contributed by atoms with Crippen LogP contribution in [0.4, 0.5) is 0 Å². The zero-order valence-electron chi connectivity index (χ0n) is 11.0. The zero-order chi connectivity index (χ0) is 13.3. The van der Waals surface area contributed by atoms with E-state index < -0.39 is 0 Å². The molecular weight excluding hydrogens is 258 g/mol. The second-order valence-electron chi connectivity index (χ2n) is 5.71. The second kappa shape index (κ2) is 5.00. The molecule has 1 amide bonds. The molecule has 1 N–H and O–H groups in total. The fraction of sp³-hybridized carbons (Fsp3) is 0.533. The normalized spacial score (nSPS) is 26.8. The van der Waals surface area contributed by atoms with Gasteiger partial charge in [-0.05, 0) is 37.5 Å². The number of hydrogen-bond donors (Lipinski definition) is 1. The van der Waals surface area contributed by atoms with Crippen LogP contribution in [-0.2, 0) is 0 Å². The van der Waals surface area contributed by atoms with Crippen molar-refractivity contribution in [2.24, 2.45) is 5.41 Å². The Morgan fingerprint density at radius 3 is 2.95 bits per heavy atom. The molecule has 0 bridgehead atoms. The van der Waals surface area contributed by atoms with Gasteiger partial charge in [-0.25, -0.2) is 0 Å². The van der Waals surface area contributed by atoms with Crippen LogP contribution in [0, 0.1) is 5.41 Å². The van der Waals surface area contributed by atoms with Crippen molar-refractivity contribution in [3.8, 4) is 5.75 Å². The molecule has 1 fully saturated rings. The Kier molecular flexibility index (Phi) is 3.35. The smallest absolute Gasteiger partial charge is 0.264 e. The van der Waals surface area contributed by atoms with Crippen molar-refractivity contribution < 1.29 is 9.90 Å². The van der Waals surface area contributed by atoms with Gasteiger partial charge in [0.25, 0.3) is 5.91 Å². The number of carbonyl (C=O) groups is 1. The molecule has 3 nitrogen and oxygen atoms in total. The maximum atomic E-state index is 12.4. The summed E-state index contributed by atoms with van der Waals surface area (Å²) in [6.07, 6.45) is 10.3. The van der Waals surface area contributed by atoms with E-state index >= 15 is 0 Å². The number of nitrogens with zero attached hydrogens (tertiary/aromatic N) is 1. The lowest BCUT2D eigenvalue weighted by Crippen LogP contribution is -2.46. The van der Waals surface area contributed by atoms with Crippen molar-refractivity contribution in [3.05, 3.63) is 28.5 Å². The number of rotatable bonds is 1. The molecule has 1 unspecified atom stereocenters. The Labute approximate surface area is 117 Å². The quantitative estimate of drug-likeness (QED) is 0.799. The summed E-state index contributed by atoms with van der Waals surface area (Å²) in [6.45, 7) is 1.72. The van der Waals surface area contributed by atoms with Crippen LogP contribution in [0.25, 0.3) is 0 Å². The fourth-order valence-corrected chi connectivity index (χ4v) is 4.02. The first-order valence-electron chi connectivity index (χ1n) is 6.90. The van der Waals surface area contributed by atoms with E-state index in [2.05, 4.69) is 12.2 Å². The summed E-state index contributed by atoms with van der Waals surface area (Å²) >= 11 is 1.33. The summed E-state index contributed by atoms with van der Waals surface area (Å²) in [5.74, 6) is 0.277. The van der Waals surface area contributed by atoms with Gasteiger partial charge in [0.1, 0.15) is 5.75 Å². The summed E-state index contributed by atoms with van der Waals surface area (Å²) in [4.78, 5) is 15.1. The van der Waals surface area contributed by atoms with Crippen LogP contribution in [0.1, 0.15) is 41.8 Å². The third-order valence-electron chi connectivity index (χ3n) is 4.30. The van der Waals surface area contributed by atoms with Gasteiger partial charge < -0.3 is 10.0 Å². The van der Waals surface area contributed by atoms with Crippen molar-refractivity contribution in [1.82, 2.24) is 4.90 Å². The Hall–Kier alpha value is -1.29. The molecule has 1 aromatic heterocycles. The number of likely N-dealkylation sites (tertiary alicyclic amines) is 1. The lowest BCUT2D eigenvalue weighted by Gasteiger charge is -2.43. The summed E-state index contributed by atoms with van der Waals surface area (Å²) < 4.78 is 0. The van der Waals surface area contributed by atoms with Gasteiger partial charge in [-0.2, -0.15) is 0 Å². The molecular formula is C15H19NO2S. The Morgan fingerprint density at radius 2 is 2.26 bits per heavy atom. The molecule has 3 rings (SSSR count). The van der Waals surface area contributed by atoms with E-state index in [4.69, 9.17) is 0 Å². The van der Waals surface area contributed by atoms with E-state index in [0.717, 1.165) is 32.4 Å². The number of thiophene rings is 1. The Balaban J connectivity index is 1.74. The average molecular weight is 277 g/mol. The molecule has 1 saturated heterocycles.